The van der Waals surface area contributed by atoms with Gasteiger partial charge in [0, 0.05) is 19.3 Å². The fourth-order valence-corrected chi connectivity index (χ4v) is 2.96. The third-order valence-electron chi connectivity index (χ3n) is 4.31. The van der Waals surface area contributed by atoms with E-state index in [0.717, 1.165) is 24.1 Å². The van der Waals surface area contributed by atoms with E-state index in [1.54, 1.807) is 6.20 Å². The molecule has 2 rings (SSSR count). The van der Waals surface area contributed by atoms with Crippen LogP contribution in [0.3, 0.4) is 0 Å². The number of nitrogens with one attached hydrogen (secondary N) is 1. The van der Waals surface area contributed by atoms with Crippen molar-refractivity contribution in [2.75, 3.05) is 13.2 Å². The summed E-state index contributed by atoms with van der Waals surface area (Å²) in [4.78, 5) is 16.2. The Kier molecular flexibility index (Phi) is 5.53. The largest absolute Gasteiger partial charge is 0.396 e. The van der Waals surface area contributed by atoms with Crippen LogP contribution < -0.4 is 5.32 Å². The summed E-state index contributed by atoms with van der Waals surface area (Å²) < 4.78 is 0. The van der Waals surface area contributed by atoms with Gasteiger partial charge in [-0.05, 0) is 43.2 Å². The van der Waals surface area contributed by atoms with Crippen molar-refractivity contribution < 1.29 is 9.90 Å². The minimum absolute atomic E-state index is 0.0223. The van der Waals surface area contributed by atoms with Crippen LogP contribution in [0.25, 0.3) is 0 Å². The van der Waals surface area contributed by atoms with Crippen molar-refractivity contribution in [1.29, 1.82) is 0 Å². The number of aryl methyl sites for hydroxylation is 1. The molecule has 1 fully saturated rings. The van der Waals surface area contributed by atoms with E-state index in [9.17, 15) is 9.90 Å². The zero-order valence-electron chi connectivity index (χ0n) is 12.1. The first-order valence-electron chi connectivity index (χ1n) is 7.48. The molecule has 0 saturated heterocycles. The Balaban J connectivity index is 1.81. The van der Waals surface area contributed by atoms with Crippen LogP contribution in [0.15, 0.2) is 18.3 Å². The molecule has 1 heterocycles. The lowest BCUT2D eigenvalue weighted by molar-refractivity contribution is -0.120. The standard InChI is InChI=1S/C16H24N2O2/c1-12-5-4-8-17-15(12)9-16(20)18-10-13-6-2-3-7-14(13)11-19/h4-5,8,13-14,19H,2-3,6-7,9-11H2,1H3,(H,18,20). The topological polar surface area (TPSA) is 62.2 Å². The fourth-order valence-electron chi connectivity index (χ4n) is 2.96. The Morgan fingerprint density at radius 1 is 1.40 bits per heavy atom. The molecule has 0 radical (unpaired) electrons. The number of hydrogen-bond acceptors (Lipinski definition) is 3. The van der Waals surface area contributed by atoms with E-state index >= 15 is 0 Å². The molecule has 1 amide bonds. The van der Waals surface area contributed by atoms with E-state index in [-0.39, 0.29) is 12.5 Å². The third kappa shape index (κ3) is 4.04. The molecule has 2 unspecified atom stereocenters. The molecule has 1 aromatic rings. The molecular formula is C16H24N2O2. The molecular weight excluding hydrogens is 252 g/mol. The van der Waals surface area contributed by atoms with Gasteiger partial charge in [-0.3, -0.25) is 9.78 Å². The lowest BCUT2D eigenvalue weighted by Gasteiger charge is -2.30. The number of aliphatic hydroxyl groups is 1. The van der Waals surface area contributed by atoms with Gasteiger partial charge in [-0.2, -0.15) is 0 Å². The van der Waals surface area contributed by atoms with E-state index in [2.05, 4.69) is 10.3 Å². The van der Waals surface area contributed by atoms with Crippen LogP contribution in [-0.4, -0.2) is 29.1 Å². The van der Waals surface area contributed by atoms with Crippen molar-refractivity contribution in [2.24, 2.45) is 11.8 Å². The molecule has 0 spiro atoms. The predicted octanol–water partition coefficient (Wildman–Crippen LogP) is 1.85. The normalized spacial score (nSPS) is 22.5. The molecule has 1 aliphatic rings. The second kappa shape index (κ2) is 7.39. The molecule has 4 heteroatoms. The number of amides is 1. The predicted molar refractivity (Wildman–Crippen MR) is 78.2 cm³/mol. The summed E-state index contributed by atoms with van der Waals surface area (Å²) >= 11 is 0. The number of carbonyl (C=O) groups excluding carboxylic acids is 1. The first kappa shape index (κ1) is 15.0. The van der Waals surface area contributed by atoms with Crippen LogP contribution in [0.5, 0.6) is 0 Å². The summed E-state index contributed by atoms with van der Waals surface area (Å²) in [7, 11) is 0. The summed E-state index contributed by atoms with van der Waals surface area (Å²) in [6.45, 7) is 2.88. The van der Waals surface area contributed by atoms with Gasteiger partial charge in [0.15, 0.2) is 0 Å². The van der Waals surface area contributed by atoms with Crippen LogP contribution in [0.4, 0.5) is 0 Å². The maximum atomic E-state index is 12.0. The number of pyridine rings is 1. The van der Waals surface area contributed by atoms with E-state index < -0.39 is 0 Å². The summed E-state index contributed by atoms with van der Waals surface area (Å²) in [5.74, 6) is 0.789. The van der Waals surface area contributed by atoms with Crippen molar-refractivity contribution in [3.8, 4) is 0 Å². The van der Waals surface area contributed by atoms with Crippen molar-refractivity contribution in [3.05, 3.63) is 29.6 Å². The van der Waals surface area contributed by atoms with E-state index in [4.69, 9.17) is 0 Å². The van der Waals surface area contributed by atoms with Crippen LogP contribution in [0.1, 0.15) is 36.9 Å². The van der Waals surface area contributed by atoms with Gasteiger partial charge in [0.1, 0.15) is 0 Å². The molecule has 0 bridgehead atoms. The van der Waals surface area contributed by atoms with Crippen LogP contribution in [0, 0.1) is 18.8 Å². The Labute approximate surface area is 120 Å². The SMILES string of the molecule is Cc1cccnc1CC(=O)NCC1CCCCC1CO. The van der Waals surface area contributed by atoms with E-state index in [1.165, 1.54) is 12.8 Å². The van der Waals surface area contributed by atoms with Crippen LogP contribution in [0.2, 0.25) is 0 Å². The lowest BCUT2D eigenvalue weighted by atomic mass is 9.79. The molecule has 4 nitrogen and oxygen atoms in total. The monoisotopic (exact) mass is 276 g/mol. The third-order valence-corrected chi connectivity index (χ3v) is 4.31. The Bertz CT molecular complexity index is 448. The second-order valence-corrected chi connectivity index (χ2v) is 5.74. The van der Waals surface area contributed by atoms with Gasteiger partial charge in [0.25, 0.3) is 0 Å². The Hall–Kier alpha value is -1.42. The maximum Gasteiger partial charge on any atom is 0.226 e. The van der Waals surface area contributed by atoms with Crippen molar-refractivity contribution in [3.63, 3.8) is 0 Å². The molecule has 1 aliphatic carbocycles. The first-order chi connectivity index (χ1) is 9.70. The van der Waals surface area contributed by atoms with Gasteiger partial charge in [-0.15, -0.1) is 0 Å². The van der Waals surface area contributed by atoms with E-state index in [1.807, 2.05) is 19.1 Å². The molecule has 20 heavy (non-hydrogen) atoms. The zero-order valence-corrected chi connectivity index (χ0v) is 12.1. The van der Waals surface area contributed by atoms with Gasteiger partial charge in [-0.1, -0.05) is 18.9 Å². The quantitative estimate of drug-likeness (QED) is 0.862. The van der Waals surface area contributed by atoms with E-state index in [0.29, 0.717) is 24.8 Å². The molecule has 2 N–H and O–H groups in total. The van der Waals surface area contributed by atoms with Crippen LogP contribution >= 0.6 is 0 Å². The number of nitrogens with zero attached hydrogens (tertiary/aromatic N) is 1. The summed E-state index contributed by atoms with van der Waals surface area (Å²) in [6.07, 6.45) is 6.64. The Morgan fingerprint density at radius 3 is 2.85 bits per heavy atom. The van der Waals surface area contributed by atoms with Gasteiger partial charge in [0.2, 0.25) is 5.91 Å². The van der Waals surface area contributed by atoms with Gasteiger partial charge >= 0.3 is 0 Å². The van der Waals surface area contributed by atoms with Crippen molar-refractivity contribution in [1.82, 2.24) is 10.3 Å². The van der Waals surface area contributed by atoms with Crippen LogP contribution in [-0.2, 0) is 11.2 Å². The van der Waals surface area contributed by atoms with Crippen molar-refractivity contribution in [2.45, 2.75) is 39.0 Å². The molecule has 0 aromatic carbocycles. The smallest absolute Gasteiger partial charge is 0.226 e. The molecule has 0 aliphatic heterocycles. The lowest BCUT2D eigenvalue weighted by Crippen LogP contribution is -2.36. The molecule has 1 saturated carbocycles. The second-order valence-electron chi connectivity index (χ2n) is 5.74. The molecule has 110 valence electrons. The highest BCUT2D eigenvalue weighted by molar-refractivity contribution is 5.78. The average Bonchev–Trinajstić information content (AvgIpc) is 2.48. The highest BCUT2D eigenvalue weighted by Gasteiger charge is 2.24. The van der Waals surface area contributed by atoms with Gasteiger partial charge < -0.3 is 10.4 Å². The van der Waals surface area contributed by atoms with Gasteiger partial charge in [-0.25, -0.2) is 0 Å². The average molecular weight is 276 g/mol. The van der Waals surface area contributed by atoms with Gasteiger partial charge in [0.05, 0.1) is 12.1 Å². The molecule has 1 aromatic heterocycles. The molecule has 2 atom stereocenters. The summed E-state index contributed by atoms with van der Waals surface area (Å²) in [5.41, 5.74) is 1.89. The number of aromatic nitrogens is 1. The minimum atomic E-state index is 0.0223. The summed E-state index contributed by atoms with van der Waals surface area (Å²) in [6, 6.07) is 3.85. The maximum absolute atomic E-state index is 12.0. The number of aliphatic hydroxyl groups excluding tert-OH is 1. The number of hydrogen-bond donors (Lipinski definition) is 2. The highest BCUT2D eigenvalue weighted by atomic mass is 16.3. The minimum Gasteiger partial charge on any atom is -0.396 e. The number of rotatable bonds is 5. The van der Waals surface area contributed by atoms with Crippen molar-refractivity contribution >= 4 is 5.91 Å². The zero-order chi connectivity index (χ0) is 14.4. The fraction of sp³-hybridized carbons (Fsp3) is 0.625. The highest BCUT2D eigenvalue weighted by Crippen LogP contribution is 2.29. The Morgan fingerprint density at radius 2 is 2.15 bits per heavy atom. The summed E-state index contributed by atoms with van der Waals surface area (Å²) in [5, 5.41) is 12.4. The number of carbonyl (C=O) groups is 1. The first-order valence-corrected chi connectivity index (χ1v) is 7.48.